The van der Waals surface area contributed by atoms with Gasteiger partial charge in [0.15, 0.2) is 5.96 Å². The molecule has 2 N–H and O–H groups in total. The van der Waals surface area contributed by atoms with Gasteiger partial charge in [0.2, 0.25) is 0 Å². The molecule has 3 heteroatoms. The molecule has 0 saturated heterocycles. The summed E-state index contributed by atoms with van der Waals surface area (Å²) in [4.78, 5) is 4.20. The van der Waals surface area contributed by atoms with E-state index in [-0.39, 0.29) is 0 Å². The highest BCUT2D eigenvalue weighted by Gasteiger charge is 1.96. The second-order valence-electron chi connectivity index (χ2n) is 4.37. The van der Waals surface area contributed by atoms with Gasteiger partial charge in [0.05, 0.1) is 0 Å². The van der Waals surface area contributed by atoms with Crippen molar-refractivity contribution in [2.24, 2.45) is 4.99 Å². The van der Waals surface area contributed by atoms with E-state index in [9.17, 15) is 0 Å². The van der Waals surface area contributed by atoms with Gasteiger partial charge < -0.3 is 10.6 Å². The molecule has 0 fully saturated rings. The lowest BCUT2D eigenvalue weighted by atomic mass is 10.1. The molecule has 0 radical (unpaired) electrons. The van der Waals surface area contributed by atoms with Crippen LogP contribution in [0.2, 0.25) is 0 Å². The van der Waals surface area contributed by atoms with Gasteiger partial charge in [-0.15, -0.1) is 0 Å². The third kappa shape index (κ3) is 6.28. The number of nitrogens with zero attached hydrogens (tertiary/aromatic N) is 1. The summed E-state index contributed by atoms with van der Waals surface area (Å²) in [5.74, 6) is 0.913. The predicted octanol–water partition coefficient (Wildman–Crippen LogP) is 2.58. The van der Waals surface area contributed by atoms with Crippen LogP contribution in [0.5, 0.6) is 0 Å². The highest BCUT2D eigenvalue weighted by atomic mass is 15.2. The number of rotatable bonds is 7. The quantitative estimate of drug-likeness (QED) is 0.441. The van der Waals surface area contributed by atoms with Gasteiger partial charge in [0.1, 0.15) is 0 Å². The largest absolute Gasteiger partial charge is 0.356 e. The molecule has 0 aliphatic rings. The smallest absolute Gasteiger partial charge is 0.190 e. The Bertz CT molecular complexity index is 333. The zero-order valence-corrected chi connectivity index (χ0v) is 11.6. The fourth-order valence-corrected chi connectivity index (χ4v) is 1.75. The molecule has 0 aromatic heterocycles. The minimum atomic E-state index is 0.913. The Kier molecular flexibility index (Phi) is 7.69. The maximum absolute atomic E-state index is 4.20. The van der Waals surface area contributed by atoms with Crippen molar-refractivity contribution in [3.8, 4) is 0 Å². The molecule has 0 amide bonds. The molecular weight excluding hydrogens is 222 g/mol. The fourth-order valence-electron chi connectivity index (χ4n) is 1.75. The van der Waals surface area contributed by atoms with Gasteiger partial charge in [0.25, 0.3) is 0 Å². The lowest BCUT2D eigenvalue weighted by Gasteiger charge is -2.11. The van der Waals surface area contributed by atoms with Crippen molar-refractivity contribution in [1.29, 1.82) is 0 Å². The summed E-state index contributed by atoms with van der Waals surface area (Å²) in [5.41, 5.74) is 1.40. The number of hydrogen-bond acceptors (Lipinski definition) is 1. The second kappa shape index (κ2) is 9.51. The van der Waals surface area contributed by atoms with Crippen molar-refractivity contribution in [1.82, 2.24) is 10.6 Å². The first-order valence-electron chi connectivity index (χ1n) is 6.85. The first kappa shape index (κ1) is 14.6. The average Bonchev–Trinajstić information content (AvgIpc) is 2.43. The molecule has 0 unspecified atom stereocenters. The molecule has 0 spiro atoms. The van der Waals surface area contributed by atoms with Crippen molar-refractivity contribution in [3.63, 3.8) is 0 Å². The lowest BCUT2D eigenvalue weighted by molar-refractivity contribution is 0.710. The topological polar surface area (TPSA) is 36.4 Å². The van der Waals surface area contributed by atoms with Crippen LogP contribution < -0.4 is 10.6 Å². The van der Waals surface area contributed by atoms with E-state index < -0.39 is 0 Å². The van der Waals surface area contributed by atoms with Crippen molar-refractivity contribution < 1.29 is 0 Å². The lowest BCUT2D eigenvalue weighted by Crippen LogP contribution is -2.38. The summed E-state index contributed by atoms with van der Waals surface area (Å²) < 4.78 is 0. The number of aliphatic imine (C=N–C) groups is 1. The third-order valence-electron chi connectivity index (χ3n) is 2.82. The van der Waals surface area contributed by atoms with Gasteiger partial charge in [-0.05, 0) is 24.8 Å². The monoisotopic (exact) mass is 247 g/mol. The number of aryl methyl sites for hydroxylation is 1. The van der Waals surface area contributed by atoms with Crippen LogP contribution in [-0.2, 0) is 6.42 Å². The molecule has 0 atom stereocenters. The minimum Gasteiger partial charge on any atom is -0.356 e. The summed E-state index contributed by atoms with van der Waals surface area (Å²) in [6.45, 7) is 4.15. The van der Waals surface area contributed by atoms with E-state index in [1.54, 1.807) is 0 Å². The zero-order valence-electron chi connectivity index (χ0n) is 11.6. The molecule has 18 heavy (non-hydrogen) atoms. The van der Waals surface area contributed by atoms with Crippen LogP contribution in [0.1, 0.15) is 31.7 Å². The number of guanidine groups is 1. The molecule has 1 rings (SSSR count). The van der Waals surface area contributed by atoms with Gasteiger partial charge in [-0.3, -0.25) is 4.99 Å². The summed E-state index contributed by atoms with van der Waals surface area (Å²) in [6, 6.07) is 10.6. The Hall–Kier alpha value is -1.51. The first-order chi connectivity index (χ1) is 8.86. The molecule has 0 bridgehead atoms. The Balaban J connectivity index is 2.12. The summed E-state index contributed by atoms with van der Waals surface area (Å²) in [5, 5.41) is 6.65. The van der Waals surface area contributed by atoms with Gasteiger partial charge >= 0.3 is 0 Å². The summed E-state index contributed by atoms with van der Waals surface area (Å²) in [7, 11) is 1.82. The van der Waals surface area contributed by atoms with E-state index in [1.807, 2.05) is 7.05 Å². The second-order valence-corrected chi connectivity index (χ2v) is 4.37. The summed E-state index contributed by atoms with van der Waals surface area (Å²) >= 11 is 0. The van der Waals surface area contributed by atoms with Crippen LogP contribution in [0.4, 0.5) is 0 Å². The van der Waals surface area contributed by atoms with Gasteiger partial charge in [-0.2, -0.15) is 0 Å². The first-order valence-corrected chi connectivity index (χ1v) is 6.85. The van der Waals surface area contributed by atoms with E-state index >= 15 is 0 Å². The third-order valence-corrected chi connectivity index (χ3v) is 2.82. The molecule has 0 aliphatic carbocycles. The number of unbranched alkanes of at least 4 members (excludes halogenated alkanes) is 1. The number of hydrogen-bond donors (Lipinski definition) is 2. The van der Waals surface area contributed by atoms with Crippen molar-refractivity contribution >= 4 is 5.96 Å². The number of benzene rings is 1. The van der Waals surface area contributed by atoms with Crippen LogP contribution >= 0.6 is 0 Å². The van der Waals surface area contributed by atoms with Crippen molar-refractivity contribution in [2.45, 2.75) is 32.6 Å². The van der Waals surface area contributed by atoms with E-state index in [0.717, 1.165) is 31.9 Å². The molecule has 100 valence electrons. The molecular formula is C15H25N3. The maximum atomic E-state index is 4.20. The molecule has 3 nitrogen and oxygen atoms in total. The highest BCUT2D eigenvalue weighted by Crippen LogP contribution is 2.01. The van der Waals surface area contributed by atoms with E-state index in [2.05, 4.69) is 52.9 Å². The fraction of sp³-hybridized carbons (Fsp3) is 0.533. The SMILES string of the molecule is CCCCNC(=NC)NCCCc1ccccc1. The van der Waals surface area contributed by atoms with Crippen LogP contribution in [0, 0.1) is 0 Å². The van der Waals surface area contributed by atoms with Gasteiger partial charge in [-0.1, -0.05) is 43.7 Å². The van der Waals surface area contributed by atoms with Crippen LogP contribution in [0.25, 0.3) is 0 Å². The van der Waals surface area contributed by atoms with E-state index in [4.69, 9.17) is 0 Å². The Morgan fingerprint density at radius 1 is 1.06 bits per heavy atom. The molecule has 0 aliphatic heterocycles. The summed E-state index contributed by atoms with van der Waals surface area (Å²) in [6.07, 6.45) is 4.63. The Morgan fingerprint density at radius 2 is 1.72 bits per heavy atom. The molecule has 1 aromatic rings. The highest BCUT2D eigenvalue weighted by molar-refractivity contribution is 5.79. The molecule has 0 saturated carbocycles. The Labute approximate surface area is 111 Å². The standard InChI is InChI=1S/C15H25N3/c1-3-4-12-17-15(16-2)18-13-8-11-14-9-6-5-7-10-14/h5-7,9-10H,3-4,8,11-13H2,1-2H3,(H2,16,17,18). The Morgan fingerprint density at radius 3 is 2.33 bits per heavy atom. The number of nitrogens with one attached hydrogen (secondary N) is 2. The van der Waals surface area contributed by atoms with Gasteiger partial charge in [0, 0.05) is 20.1 Å². The van der Waals surface area contributed by atoms with Crippen LogP contribution in [-0.4, -0.2) is 26.1 Å². The molecule has 1 aromatic carbocycles. The molecule has 0 heterocycles. The average molecular weight is 247 g/mol. The predicted molar refractivity (Wildman–Crippen MR) is 79.0 cm³/mol. The van der Waals surface area contributed by atoms with Gasteiger partial charge in [-0.25, -0.2) is 0 Å². The van der Waals surface area contributed by atoms with Crippen molar-refractivity contribution in [3.05, 3.63) is 35.9 Å². The normalized spacial score (nSPS) is 11.3. The van der Waals surface area contributed by atoms with Crippen LogP contribution in [0.15, 0.2) is 35.3 Å². The zero-order chi connectivity index (χ0) is 13.1. The van der Waals surface area contributed by atoms with Crippen molar-refractivity contribution in [2.75, 3.05) is 20.1 Å². The maximum Gasteiger partial charge on any atom is 0.190 e. The van der Waals surface area contributed by atoms with E-state index in [1.165, 1.54) is 18.4 Å². The minimum absolute atomic E-state index is 0.913. The van der Waals surface area contributed by atoms with Crippen LogP contribution in [0.3, 0.4) is 0 Å². The van der Waals surface area contributed by atoms with E-state index in [0.29, 0.717) is 0 Å².